The lowest BCUT2D eigenvalue weighted by Gasteiger charge is -2.31. The highest BCUT2D eigenvalue weighted by atomic mass is 32.2. The van der Waals surface area contributed by atoms with Crippen molar-refractivity contribution in [1.82, 2.24) is 10.4 Å². The SMILES string of the molecule is CC(CCN1CC=C(c2ccc(C#CC#Cc3ccccc3)cc2)CC1)(C(=O)NO)S(C)(=O)=O. The number of nitrogens with zero attached hydrogens (tertiary/aromatic N) is 1. The van der Waals surface area contributed by atoms with Gasteiger partial charge < -0.3 is 0 Å². The van der Waals surface area contributed by atoms with E-state index in [4.69, 9.17) is 5.21 Å². The Morgan fingerprint density at radius 1 is 1.06 bits per heavy atom. The van der Waals surface area contributed by atoms with E-state index in [0.717, 1.165) is 35.9 Å². The van der Waals surface area contributed by atoms with E-state index in [2.05, 4.69) is 34.7 Å². The zero-order valence-electron chi connectivity index (χ0n) is 19.3. The van der Waals surface area contributed by atoms with Crippen molar-refractivity contribution >= 4 is 21.3 Å². The summed E-state index contributed by atoms with van der Waals surface area (Å²) in [6.07, 6.45) is 4.05. The van der Waals surface area contributed by atoms with Crippen molar-refractivity contribution < 1.29 is 18.4 Å². The molecule has 1 aliphatic rings. The number of hydrogen-bond acceptors (Lipinski definition) is 5. The lowest BCUT2D eigenvalue weighted by molar-refractivity contribution is -0.131. The predicted octanol–water partition coefficient (Wildman–Crippen LogP) is 2.88. The van der Waals surface area contributed by atoms with Crippen LogP contribution < -0.4 is 5.48 Å². The molecular weight excluding hydrogens is 448 g/mol. The van der Waals surface area contributed by atoms with Gasteiger partial charge in [0.05, 0.1) is 0 Å². The summed E-state index contributed by atoms with van der Waals surface area (Å²) in [7, 11) is -3.69. The summed E-state index contributed by atoms with van der Waals surface area (Å²) in [5.41, 5.74) is 5.67. The molecule has 176 valence electrons. The third kappa shape index (κ3) is 6.36. The molecule has 1 amide bonds. The van der Waals surface area contributed by atoms with Crippen molar-refractivity contribution in [2.24, 2.45) is 0 Å². The van der Waals surface area contributed by atoms with E-state index in [1.807, 2.05) is 54.6 Å². The van der Waals surface area contributed by atoms with Gasteiger partial charge in [-0.05, 0) is 67.0 Å². The monoisotopic (exact) mass is 476 g/mol. The third-order valence-corrected chi connectivity index (χ3v) is 8.13. The van der Waals surface area contributed by atoms with E-state index in [9.17, 15) is 13.2 Å². The molecule has 3 rings (SSSR count). The van der Waals surface area contributed by atoms with Crippen molar-refractivity contribution in [1.29, 1.82) is 0 Å². The smallest absolute Gasteiger partial charge is 0.264 e. The third-order valence-electron chi connectivity index (χ3n) is 6.10. The number of carbonyl (C=O) groups is 1. The Balaban J connectivity index is 1.58. The minimum atomic E-state index is -3.69. The van der Waals surface area contributed by atoms with Crippen molar-refractivity contribution in [3.63, 3.8) is 0 Å². The van der Waals surface area contributed by atoms with Crippen LogP contribution in [0.1, 0.15) is 36.5 Å². The van der Waals surface area contributed by atoms with Gasteiger partial charge in [-0.3, -0.25) is 14.9 Å². The van der Waals surface area contributed by atoms with Crippen molar-refractivity contribution in [3.8, 4) is 23.7 Å². The molecule has 6 nitrogen and oxygen atoms in total. The highest BCUT2D eigenvalue weighted by Crippen LogP contribution is 2.25. The number of hydroxylamine groups is 1. The van der Waals surface area contributed by atoms with E-state index >= 15 is 0 Å². The van der Waals surface area contributed by atoms with Gasteiger partial charge in [0.1, 0.15) is 0 Å². The fraction of sp³-hybridized carbons (Fsp3) is 0.296. The van der Waals surface area contributed by atoms with Gasteiger partial charge in [-0.15, -0.1) is 0 Å². The van der Waals surface area contributed by atoms with Crippen LogP contribution in [0.4, 0.5) is 0 Å². The molecular formula is C27H28N2O4S. The Bertz CT molecular complexity index is 1280. The largest absolute Gasteiger partial charge is 0.299 e. The fourth-order valence-electron chi connectivity index (χ4n) is 3.63. The molecule has 1 aliphatic heterocycles. The first-order chi connectivity index (χ1) is 16.2. The van der Waals surface area contributed by atoms with Crippen LogP contribution >= 0.6 is 0 Å². The van der Waals surface area contributed by atoms with Crippen LogP contribution in [0.5, 0.6) is 0 Å². The first-order valence-corrected chi connectivity index (χ1v) is 12.8. The first kappa shape index (κ1) is 25.3. The van der Waals surface area contributed by atoms with Crippen LogP contribution in [0.3, 0.4) is 0 Å². The number of carbonyl (C=O) groups excluding carboxylic acids is 1. The second kappa shape index (κ2) is 11.2. The van der Waals surface area contributed by atoms with E-state index in [0.29, 0.717) is 13.1 Å². The average molecular weight is 477 g/mol. The Morgan fingerprint density at radius 3 is 2.21 bits per heavy atom. The number of amides is 1. The maximum atomic E-state index is 12.1. The van der Waals surface area contributed by atoms with Crippen LogP contribution in [0, 0.1) is 23.7 Å². The average Bonchev–Trinajstić information content (AvgIpc) is 2.85. The Labute approximate surface area is 201 Å². The topological polar surface area (TPSA) is 86.7 Å². The lowest BCUT2D eigenvalue weighted by atomic mass is 9.98. The van der Waals surface area contributed by atoms with E-state index in [-0.39, 0.29) is 6.42 Å². The molecule has 34 heavy (non-hydrogen) atoms. The molecule has 0 fully saturated rings. The summed E-state index contributed by atoms with van der Waals surface area (Å²) in [5.74, 6) is 10.9. The molecule has 1 heterocycles. The Hall–Kier alpha value is -3.36. The predicted molar refractivity (Wildman–Crippen MR) is 133 cm³/mol. The summed E-state index contributed by atoms with van der Waals surface area (Å²) < 4.78 is 22.6. The molecule has 2 aromatic carbocycles. The molecule has 0 radical (unpaired) electrons. The quantitative estimate of drug-likeness (QED) is 0.380. The maximum absolute atomic E-state index is 12.1. The number of benzene rings is 2. The fourth-order valence-corrected chi connectivity index (χ4v) is 4.47. The highest BCUT2D eigenvalue weighted by Gasteiger charge is 2.43. The van der Waals surface area contributed by atoms with Crippen LogP contribution in [-0.2, 0) is 14.6 Å². The van der Waals surface area contributed by atoms with Gasteiger partial charge in [-0.25, -0.2) is 13.9 Å². The maximum Gasteiger partial charge on any atom is 0.264 e. The van der Waals surface area contributed by atoms with E-state index in [1.165, 1.54) is 18.0 Å². The molecule has 1 atom stereocenters. The van der Waals surface area contributed by atoms with Gasteiger partial charge in [0.2, 0.25) is 0 Å². The summed E-state index contributed by atoms with van der Waals surface area (Å²) in [5, 5.41) is 8.96. The van der Waals surface area contributed by atoms with Crippen LogP contribution in [0.25, 0.3) is 5.57 Å². The first-order valence-electron chi connectivity index (χ1n) is 11.0. The second-order valence-electron chi connectivity index (χ2n) is 8.42. The second-order valence-corrected chi connectivity index (χ2v) is 10.9. The molecule has 0 bridgehead atoms. The lowest BCUT2D eigenvalue weighted by Crippen LogP contribution is -2.51. The van der Waals surface area contributed by atoms with E-state index < -0.39 is 20.5 Å². The van der Waals surface area contributed by atoms with E-state index in [1.54, 1.807) is 0 Å². The number of rotatable bonds is 6. The van der Waals surface area contributed by atoms with Crippen molar-refractivity contribution in [3.05, 3.63) is 77.4 Å². The zero-order chi connectivity index (χ0) is 24.6. The van der Waals surface area contributed by atoms with Gasteiger partial charge >= 0.3 is 0 Å². The minimum Gasteiger partial charge on any atom is -0.299 e. The van der Waals surface area contributed by atoms with Crippen LogP contribution in [0.2, 0.25) is 0 Å². The molecule has 0 saturated heterocycles. The minimum absolute atomic E-state index is 0.0991. The zero-order valence-corrected chi connectivity index (χ0v) is 20.2. The van der Waals surface area contributed by atoms with Gasteiger partial charge in [0.15, 0.2) is 14.6 Å². The molecule has 0 aliphatic carbocycles. The summed E-state index contributed by atoms with van der Waals surface area (Å²) >= 11 is 0. The molecule has 2 aromatic rings. The Morgan fingerprint density at radius 2 is 1.68 bits per heavy atom. The summed E-state index contributed by atoms with van der Waals surface area (Å²) in [6.45, 7) is 3.19. The molecule has 2 N–H and O–H groups in total. The summed E-state index contributed by atoms with van der Waals surface area (Å²) in [6, 6.07) is 17.8. The number of hydrogen-bond donors (Lipinski definition) is 2. The van der Waals surface area contributed by atoms with Crippen LogP contribution in [0.15, 0.2) is 60.7 Å². The molecule has 0 spiro atoms. The van der Waals surface area contributed by atoms with Crippen molar-refractivity contribution in [2.45, 2.75) is 24.5 Å². The standard InChI is InChI=1S/C27H28N2O4S/c1-27(26(30)28-31,34(2,32)33)18-21-29-19-16-25(17-20-29)24-14-12-23(13-15-24)11-7-6-10-22-8-4-3-5-9-22/h3-5,8-9,12-16,31H,17-21H2,1-2H3,(H,28,30). The van der Waals surface area contributed by atoms with Gasteiger partial charge in [0.25, 0.3) is 5.91 Å². The van der Waals surface area contributed by atoms with Gasteiger partial charge in [-0.2, -0.15) is 0 Å². The molecule has 1 unspecified atom stereocenters. The Kier molecular flexibility index (Phi) is 8.31. The van der Waals surface area contributed by atoms with Gasteiger partial charge in [0, 0.05) is 37.0 Å². The normalized spacial score (nSPS) is 15.6. The molecule has 0 aromatic heterocycles. The van der Waals surface area contributed by atoms with Crippen LogP contribution in [-0.4, -0.2) is 55.1 Å². The summed E-state index contributed by atoms with van der Waals surface area (Å²) in [4.78, 5) is 14.1. The highest BCUT2D eigenvalue weighted by molar-refractivity contribution is 7.92. The number of nitrogens with one attached hydrogen (secondary N) is 1. The van der Waals surface area contributed by atoms with Gasteiger partial charge in [-0.1, -0.05) is 48.2 Å². The molecule has 7 heteroatoms. The van der Waals surface area contributed by atoms with Crippen molar-refractivity contribution in [2.75, 3.05) is 25.9 Å². The molecule has 0 saturated carbocycles. The number of sulfone groups is 1.